The fourth-order valence-electron chi connectivity index (χ4n) is 1.98. The van der Waals surface area contributed by atoms with E-state index in [4.69, 9.17) is 10.5 Å². The van der Waals surface area contributed by atoms with Gasteiger partial charge in [0.1, 0.15) is 5.75 Å². The average molecular weight is 312 g/mol. The van der Waals surface area contributed by atoms with Crippen molar-refractivity contribution in [2.75, 3.05) is 13.2 Å². The molecular formula is C15H24N2O3S. The van der Waals surface area contributed by atoms with Gasteiger partial charge < -0.3 is 10.5 Å². The van der Waals surface area contributed by atoms with Crippen molar-refractivity contribution in [1.29, 1.82) is 0 Å². The first-order chi connectivity index (χ1) is 9.90. The molecule has 0 radical (unpaired) electrons. The van der Waals surface area contributed by atoms with Crippen LogP contribution in [0.5, 0.6) is 5.75 Å². The van der Waals surface area contributed by atoms with Crippen LogP contribution in [0, 0.1) is 5.41 Å². The maximum absolute atomic E-state index is 12.3. The van der Waals surface area contributed by atoms with Crippen LogP contribution in [0.2, 0.25) is 0 Å². The second kappa shape index (κ2) is 6.34. The van der Waals surface area contributed by atoms with Gasteiger partial charge in [-0.05, 0) is 42.9 Å². The van der Waals surface area contributed by atoms with E-state index in [-0.39, 0.29) is 16.9 Å². The third-order valence-corrected chi connectivity index (χ3v) is 5.22. The zero-order valence-electron chi connectivity index (χ0n) is 12.7. The van der Waals surface area contributed by atoms with Gasteiger partial charge in [0.2, 0.25) is 10.0 Å². The summed E-state index contributed by atoms with van der Waals surface area (Å²) in [6.07, 6.45) is 3.05. The molecule has 5 nitrogen and oxygen atoms in total. The van der Waals surface area contributed by atoms with Gasteiger partial charge in [0.25, 0.3) is 0 Å². The molecule has 1 aromatic carbocycles. The third-order valence-electron chi connectivity index (χ3n) is 3.82. The lowest BCUT2D eigenvalue weighted by Crippen LogP contribution is -2.29. The molecule has 1 aliphatic carbocycles. The molecule has 0 aliphatic heterocycles. The predicted octanol–water partition coefficient (Wildman–Crippen LogP) is 2.01. The normalized spacial score (nSPS) is 16.7. The van der Waals surface area contributed by atoms with Crippen molar-refractivity contribution in [2.24, 2.45) is 11.1 Å². The third kappa shape index (κ3) is 4.18. The molecule has 0 bridgehead atoms. The first-order valence-corrected chi connectivity index (χ1v) is 8.84. The van der Waals surface area contributed by atoms with E-state index >= 15 is 0 Å². The van der Waals surface area contributed by atoms with Crippen LogP contribution >= 0.6 is 0 Å². The van der Waals surface area contributed by atoms with Crippen LogP contribution in [0.15, 0.2) is 23.1 Å². The molecule has 0 unspecified atom stereocenters. The van der Waals surface area contributed by atoms with Gasteiger partial charge in [-0.25, -0.2) is 13.1 Å². The van der Waals surface area contributed by atoms with Gasteiger partial charge >= 0.3 is 0 Å². The lowest BCUT2D eigenvalue weighted by Gasteiger charge is -2.14. The molecule has 21 heavy (non-hydrogen) atoms. The SMILES string of the molecule is CCCOc1ccc(S(=O)(=O)NCC2(C)CC2)cc1CN. The highest BCUT2D eigenvalue weighted by molar-refractivity contribution is 7.89. The standard InChI is InChI=1S/C15H24N2O3S/c1-3-8-20-14-5-4-13(9-12(14)10-16)21(18,19)17-11-15(2)6-7-15/h4-5,9,17H,3,6-8,10-11,16H2,1-2H3. The number of nitrogens with two attached hydrogens (primary N) is 1. The van der Waals surface area contributed by atoms with Crippen LogP contribution in [0.1, 0.15) is 38.7 Å². The van der Waals surface area contributed by atoms with Gasteiger partial charge in [0.05, 0.1) is 11.5 Å². The largest absolute Gasteiger partial charge is 0.493 e. The quantitative estimate of drug-likeness (QED) is 0.769. The molecule has 1 fully saturated rings. The molecule has 118 valence electrons. The zero-order valence-corrected chi connectivity index (χ0v) is 13.5. The first-order valence-electron chi connectivity index (χ1n) is 7.36. The highest BCUT2D eigenvalue weighted by Crippen LogP contribution is 2.44. The summed E-state index contributed by atoms with van der Waals surface area (Å²) in [5, 5.41) is 0. The van der Waals surface area contributed by atoms with Crippen LogP contribution in [-0.2, 0) is 16.6 Å². The minimum Gasteiger partial charge on any atom is -0.493 e. The lowest BCUT2D eigenvalue weighted by atomic mass is 10.2. The highest BCUT2D eigenvalue weighted by Gasteiger charge is 2.38. The van der Waals surface area contributed by atoms with Crippen molar-refractivity contribution in [3.8, 4) is 5.75 Å². The van der Waals surface area contributed by atoms with Crippen molar-refractivity contribution in [2.45, 2.75) is 44.6 Å². The smallest absolute Gasteiger partial charge is 0.240 e. The topological polar surface area (TPSA) is 81.4 Å². The zero-order chi connectivity index (χ0) is 15.5. The van der Waals surface area contributed by atoms with Gasteiger partial charge in [0, 0.05) is 18.7 Å². The number of benzene rings is 1. The summed E-state index contributed by atoms with van der Waals surface area (Å²) in [6, 6.07) is 4.86. The van der Waals surface area contributed by atoms with E-state index in [2.05, 4.69) is 11.6 Å². The Kier molecular flexibility index (Phi) is 4.91. The summed E-state index contributed by atoms with van der Waals surface area (Å²) in [5.74, 6) is 0.660. The van der Waals surface area contributed by atoms with Gasteiger partial charge in [0.15, 0.2) is 0 Å². The molecule has 0 spiro atoms. The van der Waals surface area contributed by atoms with Crippen molar-refractivity contribution in [3.05, 3.63) is 23.8 Å². The molecule has 0 saturated heterocycles. The summed E-state index contributed by atoms with van der Waals surface area (Å²) < 4.78 is 32.9. The Morgan fingerprint density at radius 2 is 2.10 bits per heavy atom. The molecule has 0 amide bonds. The monoisotopic (exact) mass is 312 g/mol. The predicted molar refractivity (Wildman–Crippen MR) is 82.6 cm³/mol. The van der Waals surface area contributed by atoms with Gasteiger partial charge in [-0.2, -0.15) is 0 Å². The highest BCUT2D eigenvalue weighted by atomic mass is 32.2. The van der Waals surface area contributed by atoms with Crippen LogP contribution in [0.25, 0.3) is 0 Å². The number of rotatable bonds is 8. The summed E-state index contributed by atoms with van der Waals surface area (Å²) in [5.41, 5.74) is 6.54. The van der Waals surface area contributed by atoms with Crippen molar-refractivity contribution in [3.63, 3.8) is 0 Å². The Labute approximate surface area is 126 Å². The van der Waals surface area contributed by atoms with E-state index in [9.17, 15) is 8.42 Å². The number of sulfonamides is 1. The molecular weight excluding hydrogens is 288 g/mol. The van der Waals surface area contributed by atoms with E-state index in [0.717, 1.165) is 19.3 Å². The van der Waals surface area contributed by atoms with E-state index in [1.807, 2.05) is 6.92 Å². The van der Waals surface area contributed by atoms with E-state index in [1.165, 1.54) is 0 Å². The molecule has 2 rings (SSSR count). The molecule has 1 aromatic rings. The second-order valence-corrected chi connectivity index (χ2v) is 7.72. The first kappa shape index (κ1) is 16.3. The molecule has 0 atom stereocenters. The van der Waals surface area contributed by atoms with Crippen molar-refractivity contribution < 1.29 is 13.2 Å². The van der Waals surface area contributed by atoms with E-state index in [1.54, 1.807) is 18.2 Å². The Bertz CT molecular complexity index is 595. The fourth-order valence-corrected chi connectivity index (χ4v) is 3.23. The summed E-state index contributed by atoms with van der Waals surface area (Å²) in [4.78, 5) is 0.246. The number of hydrogen-bond donors (Lipinski definition) is 2. The number of hydrogen-bond acceptors (Lipinski definition) is 4. The Balaban J connectivity index is 2.14. The Hall–Kier alpha value is -1.11. The molecule has 6 heteroatoms. The summed E-state index contributed by atoms with van der Waals surface area (Å²) >= 11 is 0. The van der Waals surface area contributed by atoms with E-state index in [0.29, 0.717) is 24.5 Å². The van der Waals surface area contributed by atoms with Crippen molar-refractivity contribution in [1.82, 2.24) is 4.72 Å². The fraction of sp³-hybridized carbons (Fsp3) is 0.600. The summed E-state index contributed by atoms with van der Waals surface area (Å²) in [6.45, 7) is 5.43. The minimum atomic E-state index is -3.48. The maximum Gasteiger partial charge on any atom is 0.240 e. The van der Waals surface area contributed by atoms with E-state index < -0.39 is 10.0 Å². The van der Waals surface area contributed by atoms with Crippen LogP contribution in [-0.4, -0.2) is 21.6 Å². The molecule has 1 aliphatic rings. The van der Waals surface area contributed by atoms with Crippen LogP contribution < -0.4 is 15.2 Å². The lowest BCUT2D eigenvalue weighted by molar-refractivity contribution is 0.314. The number of ether oxygens (including phenoxy) is 1. The molecule has 3 N–H and O–H groups in total. The van der Waals surface area contributed by atoms with Crippen LogP contribution in [0.4, 0.5) is 0 Å². The number of nitrogens with one attached hydrogen (secondary N) is 1. The Morgan fingerprint density at radius 3 is 2.67 bits per heavy atom. The summed E-state index contributed by atoms with van der Waals surface area (Å²) in [7, 11) is -3.48. The molecule has 0 heterocycles. The van der Waals surface area contributed by atoms with Crippen molar-refractivity contribution >= 4 is 10.0 Å². The molecule has 0 aromatic heterocycles. The second-order valence-electron chi connectivity index (χ2n) is 5.96. The minimum absolute atomic E-state index is 0.133. The average Bonchev–Trinajstić information content (AvgIpc) is 3.21. The maximum atomic E-state index is 12.3. The van der Waals surface area contributed by atoms with Crippen LogP contribution in [0.3, 0.4) is 0 Å². The van der Waals surface area contributed by atoms with Gasteiger partial charge in [-0.1, -0.05) is 13.8 Å². The molecule has 1 saturated carbocycles. The Morgan fingerprint density at radius 1 is 1.38 bits per heavy atom. The van der Waals surface area contributed by atoms with Gasteiger partial charge in [-0.3, -0.25) is 0 Å². The van der Waals surface area contributed by atoms with Gasteiger partial charge in [-0.15, -0.1) is 0 Å².